The third-order valence-corrected chi connectivity index (χ3v) is 4.87. The van der Waals surface area contributed by atoms with Crippen molar-refractivity contribution in [1.29, 1.82) is 0 Å². The quantitative estimate of drug-likeness (QED) is 0.369. The van der Waals surface area contributed by atoms with E-state index in [9.17, 15) is 0 Å². The van der Waals surface area contributed by atoms with Gasteiger partial charge < -0.3 is 9.47 Å². The Kier molecular flexibility index (Phi) is 7.18. The molecule has 0 N–H and O–H groups in total. The molecule has 0 aliphatic heterocycles. The Balaban J connectivity index is 1.83. The fourth-order valence-corrected chi connectivity index (χ4v) is 3.30. The van der Waals surface area contributed by atoms with Gasteiger partial charge in [-0.25, -0.2) is 0 Å². The van der Waals surface area contributed by atoms with Crippen LogP contribution in [0, 0.1) is 13.8 Å². The van der Waals surface area contributed by atoms with E-state index in [1.165, 1.54) is 5.56 Å². The van der Waals surface area contributed by atoms with Crippen molar-refractivity contribution in [2.24, 2.45) is 4.99 Å². The highest BCUT2D eigenvalue weighted by atomic mass is 35.5. The van der Waals surface area contributed by atoms with E-state index in [-0.39, 0.29) is 0 Å². The number of nitrogens with zero attached hydrogens (tertiary/aromatic N) is 1. The molecule has 29 heavy (non-hydrogen) atoms. The number of benzene rings is 3. The van der Waals surface area contributed by atoms with E-state index < -0.39 is 0 Å². The van der Waals surface area contributed by atoms with Crippen LogP contribution < -0.4 is 9.47 Å². The molecule has 3 nitrogen and oxygen atoms in total. The maximum absolute atomic E-state index is 6.51. The highest BCUT2D eigenvalue weighted by molar-refractivity contribution is 6.32. The highest BCUT2D eigenvalue weighted by Gasteiger charge is 2.12. The van der Waals surface area contributed by atoms with Crippen LogP contribution >= 0.6 is 23.2 Å². The Labute approximate surface area is 181 Å². The number of aryl methyl sites for hydroxylation is 2. The van der Waals surface area contributed by atoms with Crippen LogP contribution in [0.2, 0.25) is 10.0 Å². The minimum Gasteiger partial charge on any atom is -0.490 e. The van der Waals surface area contributed by atoms with Gasteiger partial charge in [0.1, 0.15) is 6.61 Å². The number of hydrogen-bond donors (Lipinski definition) is 0. The van der Waals surface area contributed by atoms with Crippen molar-refractivity contribution in [1.82, 2.24) is 0 Å². The predicted octanol–water partition coefficient (Wildman–Crippen LogP) is 7.34. The number of hydrogen-bond acceptors (Lipinski definition) is 3. The number of halogens is 2. The van der Waals surface area contributed by atoms with Gasteiger partial charge in [0.2, 0.25) is 0 Å². The molecule has 0 amide bonds. The average molecular weight is 428 g/mol. The topological polar surface area (TPSA) is 30.8 Å². The average Bonchev–Trinajstić information content (AvgIpc) is 2.68. The Hall–Kier alpha value is -2.49. The van der Waals surface area contributed by atoms with E-state index in [0.29, 0.717) is 34.8 Å². The molecule has 0 unspecified atom stereocenters. The third-order valence-electron chi connectivity index (χ3n) is 4.33. The molecule has 0 atom stereocenters. The Morgan fingerprint density at radius 1 is 0.931 bits per heavy atom. The number of ether oxygens (including phenoxy) is 2. The number of aliphatic imine (C=N–C) groups is 1. The Morgan fingerprint density at radius 2 is 1.69 bits per heavy atom. The van der Waals surface area contributed by atoms with Gasteiger partial charge in [-0.05, 0) is 67.8 Å². The molecule has 0 heterocycles. The zero-order valence-electron chi connectivity index (χ0n) is 16.7. The molecule has 0 spiro atoms. The molecule has 0 saturated heterocycles. The zero-order valence-corrected chi connectivity index (χ0v) is 18.2. The van der Waals surface area contributed by atoms with Crippen LogP contribution in [-0.4, -0.2) is 12.8 Å². The molecule has 150 valence electrons. The van der Waals surface area contributed by atoms with E-state index in [1.54, 1.807) is 6.21 Å². The smallest absolute Gasteiger partial charge is 0.180 e. The standard InChI is InChI=1S/C24H23Cl2NO2/c1-4-28-23-13-19(14-27-22-10-5-16(2)11-17(22)3)12-21(26)24(23)29-15-18-6-8-20(25)9-7-18/h5-14H,4,15H2,1-3H3. The second kappa shape index (κ2) is 9.82. The number of rotatable bonds is 7. The molecule has 3 aromatic rings. The molecule has 0 aliphatic carbocycles. The lowest BCUT2D eigenvalue weighted by Gasteiger charge is -2.14. The highest BCUT2D eigenvalue weighted by Crippen LogP contribution is 2.37. The van der Waals surface area contributed by atoms with Crippen molar-refractivity contribution in [2.45, 2.75) is 27.4 Å². The predicted molar refractivity (Wildman–Crippen MR) is 122 cm³/mol. The van der Waals surface area contributed by atoms with Crippen molar-refractivity contribution >= 4 is 35.1 Å². The summed E-state index contributed by atoms with van der Waals surface area (Å²) >= 11 is 12.4. The van der Waals surface area contributed by atoms with Gasteiger partial charge in [-0.3, -0.25) is 4.99 Å². The second-order valence-corrected chi connectivity index (χ2v) is 7.57. The Morgan fingerprint density at radius 3 is 2.38 bits per heavy atom. The minimum atomic E-state index is 0.368. The summed E-state index contributed by atoms with van der Waals surface area (Å²) in [6.45, 7) is 6.91. The fourth-order valence-electron chi connectivity index (χ4n) is 2.90. The van der Waals surface area contributed by atoms with Crippen LogP contribution in [0.5, 0.6) is 11.5 Å². The lowest BCUT2D eigenvalue weighted by Crippen LogP contribution is -2.01. The monoisotopic (exact) mass is 427 g/mol. The summed E-state index contributed by atoms with van der Waals surface area (Å²) in [6, 6.07) is 17.4. The maximum atomic E-state index is 6.51. The summed E-state index contributed by atoms with van der Waals surface area (Å²) in [5.41, 5.74) is 5.10. The molecule has 0 aromatic heterocycles. The first-order valence-electron chi connectivity index (χ1n) is 9.41. The summed E-state index contributed by atoms with van der Waals surface area (Å²) in [5.74, 6) is 1.11. The SMILES string of the molecule is CCOc1cc(C=Nc2ccc(C)cc2C)cc(Cl)c1OCc1ccc(Cl)cc1. The molecular formula is C24H23Cl2NO2. The summed E-state index contributed by atoms with van der Waals surface area (Å²) in [7, 11) is 0. The zero-order chi connectivity index (χ0) is 20.8. The van der Waals surface area contributed by atoms with Crippen molar-refractivity contribution < 1.29 is 9.47 Å². The van der Waals surface area contributed by atoms with Crippen molar-refractivity contribution in [2.75, 3.05) is 6.61 Å². The van der Waals surface area contributed by atoms with Gasteiger partial charge in [0.05, 0.1) is 17.3 Å². The van der Waals surface area contributed by atoms with Gasteiger partial charge in [-0.1, -0.05) is 53.0 Å². The lowest BCUT2D eigenvalue weighted by atomic mass is 10.1. The van der Waals surface area contributed by atoms with Gasteiger partial charge in [0.15, 0.2) is 11.5 Å². The van der Waals surface area contributed by atoms with Crippen LogP contribution in [0.3, 0.4) is 0 Å². The van der Waals surface area contributed by atoms with Crippen LogP contribution in [-0.2, 0) is 6.61 Å². The normalized spacial score (nSPS) is 11.1. The molecule has 5 heteroatoms. The minimum absolute atomic E-state index is 0.368. The van der Waals surface area contributed by atoms with Crippen LogP contribution in [0.4, 0.5) is 5.69 Å². The summed E-state index contributed by atoms with van der Waals surface area (Å²) in [5, 5.41) is 1.17. The molecule has 3 aromatic carbocycles. The van der Waals surface area contributed by atoms with Gasteiger partial charge in [0, 0.05) is 11.2 Å². The summed E-state index contributed by atoms with van der Waals surface area (Å²) < 4.78 is 11.7. The van der Waals surface area contributed by atoms with Crippen molar-refractivity contribution in [3.63, 3.8) is 0 Å². The maximum Gasteiger partial charge on any atom is 0.180 e. The Bertz CT molecular complexity index is 1010. The summed E-state index contributed by atoms with van der Waals surface area (Å²) in [4.78, 5) is 4.60. The first-order chi connectivity index (χ1) is 14.0. The second-order valence-electron chi connectivity index (χ2n) is 6.73. The van der Waals surface area contributed by atoms with E-state index >= 15 is 0 Å². The van der Waals surface area contributed by atoms with Gasteiger partial charge >= 0.3 is 0 Å². The van der Waals surface area contributed by atoms with Crippen molar-refractivity contribution in [3.05, 3.63) is 86.9 Å². The molecule has 0 fully saturated rings. The first kappa shape index (κ1) is 21.2. The molecule has 0 saturated carbocycles. The third kappa shape index (κ3) is 5.75. The van der Waals surface area contributed by atoms with Gasteiger partial charge in [-0.2, -0.15) is 0 Å². The fraction of sp³-hybridized carbons (Fsp3) is 0.208. The van der Waals surface area contributed by atoms with E-state index in [0.717, 1.165) is 22.4 Å². The van der Waals surface area contributed by atoms with Crippen LogP contribution in [0.1, 0.15) is 29.2 Å². The molecule has 3 rings (SSSR count). The van der Waals surface area contributed by atoms with Crippen LogP contribution in [0.15, 0.2) is 59.6 Å². The molecular weight excluding hydrogens is 405 g/mol. The van der Waals surface area contributed by atoms with Crippen LogP contribution in [0.25, 0.3) is 0 Å². The molecule has 0 bridgehead atoms. The first-order valence-corrected chi connectivity index (χ1v) is 10.2. The van der Waals surface area contributed by atoms with Gasteiger partial charge in [0.25, 0.3) is 0 Å². The van der Waals surface area contributed by atoms with E-state index in [1.807, 2.05) is 62.4 Å². The largest absolute Gasteiger partial charge is 0.490 e. The molecule has 0 aliphatic rings. The summed E-state index contributed by atoms with van der Waals surface area (Å²) in [6.07, 6.45) is 1.79. The van der Waals surface area contributed by atoms with E-state index in [4.69, 9.17) is 32.7 Å². The van der Waals surface area contributed by atoms with Crippen molar-refractivity contribution in [3.8, 4) is 11.5 Å². The van der Waals surface area contributed by atoms with E-state index in [2.05, 4.69) is 18.0 Å². The van der Waals surface area contributed by atoms with Gasteiger partial charge in [-0.15, -0.1) is 0 Å². The molecule has 0 radical (unpaired) electrons. The lowest BCUT2D eigenvalue weighted by molar-refractivity contribution is 0.269.